The number of halogens is 4. The van der Waals surface area contributed by atoms with Crippen LogP contribution in [0.15, 0.2) is 43.7 Å². The molecule has 0 N–H and O–H groups in total. The number of carboxylic acid groups (broad SMARTS) is 1. The van der Waals surface area contributed by atoms with E-state index in [1.807, 2.05) is 0 Å². The number of carbonyl (C=O) groups excluding carboxylic acids is 2. The van der Waals surface area contributed by atoms with Crippen molar-refractivity contribution in [2.24, 2.45) is 0 Å². The topological polar surface area (TPSA) is 66.4 Å². The Labute approximate surface area is 149 Å². The number of esters is 1. The smallest absolute Gasteiger partial charge is 0.344 e. The molecule has 0 atom stereocenters. The van der Waals surface area contributed by atoms with Crippen LogP contribution in [0.25, 0.3) is 0 Å². The Kier molecular flexibility index (Phi) is 5.36. The van der Waals surface area contributed by atoms with Crippen molar-refractivity contribution in [2.45, 2.75) is 0 Å². The maximum atomic E-state index is 13.6. The van der Waals surface area contributed by atoms with Crippen LogP contribution in [0.1, 0.15) is 20.7 Å². The predicted octanol–water partition coefficient (Wildman–Crippen LogP) is 3.70. The van der Waals surface area contributed by atoms with Crippen LogP contribution in [0, 0.1) is 5.82 Å². The van der Waals surface area contributed by atoms with Crippen LogP contribution in [-0.2, 0) is 0 Å². The van der Waals surface area contributed by atoms with Crippen molar-refractivity contribution in [3.05, 3.63) is 60.7 Å². The molecule has 0 amide bonds. The van der Waals surface area contributed by atoms with E-state index >= 15 is 0 Å². The standard InChI is InChI=1S/C14H6Br3FO4/c15-7-4-8(12(17)9(16)5-7)14(21)22-11-3-6(13(19)20)1-2-10(11)18/h1-5H,(H,19,20)/p-1. The van der Waals surface area contributed by atoms with E-state index in [-0.39, 0.29) is 11.1 Å². The van der Waals surface area contributed by atoms with Crippen molar-refractivity contribution in [1.82, 2.24) is 0 Å². The van der Waals surface area contributed by atoms with E-state index in [9.17, 15) is 19.1 Å². The van der Waals surface area contributed by atoms with Crippen LogP contribution in [-0.4, -0.2) is 11.9 Å². The highest BCUT2D eigenvalue weighted by atomic mass is 79.9. The molecular formula is C14H5Br3FO4-. The van der Waals surface area contributed by atoms with Gasteiger partial charge in [0.25, 0.3) is 0 Å². The van der Waals surface area contributed by atoms with Crippen molar-refractivity contribution >= 4 is 59.7 Å². The minimum Gasteiger partial charge on any atom is -0.545 e. The van der Waals surface area contributed by atoms with Crippen molar-refractivity contribution < 1.29 is 23.8 Å². The van der Waals surface area contributed by atoms with Gasteiger partial charge in [-0.1, -0.05) is 15.9 Å². The molecule has 8 heteroatoms. The number of carbonyl (C=O) groups is 2. The molecule has 0 spiro atoms. The zero-order valence-corrected chi connectivity index (χ0v) is 15.3. The van der Waals surface area contributed by atoms with Gasteiger partial charge in [0.2, 0.25) is 0 Å². The third kappa shape index (κ3) is 3.74. The van der Waals surface area contributed by atoms with Crippen LogP contribution in [0.4, 0.5) is 4.39 Å². The quantitative estimate of drug-likeness (QED) is 0.370. The van der Waals surface area contributed by atoms with Crippen LogP contribution in [0.5, 0.6) is 5.75 Å². The summed E-state index contributed by atoms with van der Waals surface area (Å²) < 4.78 is 20.2. The summed E-state index contributed by atoms with van der Waals surface area (Å²) in [6.07, 6.45) is 0. The zero-order chi connectivity index (χ0) is 16.4. The number of carboxylic acids is 1. The molecule has 0 bridgehead atoms. The number of hydrogen-bond acceptors (Lipinski definition) is 4. The largest absolute Gasteiger partial charge is 0.545 e. The van der Waals surface area contributed by atoms with Gasteiger partial charge in [0.1, 0.15) is 0 Å². The fourth-order valence-corrected chi connectivity index (χ4v) is 3.18. The molecule has 0 aliphatic rings. The average Bonchev–Trinajstić information content (AvgIpc) is 2.44. The summed E-state index contributed by atoms with van der Waals surface area (Å²) in [5.41, 5.74) is -0.154. The fraction of sp³-hybridized carbons (Fsp3) is 0. The Bertz CT molecular complexity index is 777. The molecule has 0 unspecified atom stereocenters. The molecule has 0 aliphatic carbocycles. The number of ether oxygens (including phenoxy) is 1. The molecule has 0 fully saturated rings. The van der Waals surface area contributed by atoms with Crippen molar-refractivity contribution in [1.29, 1.82) is 0 Å². The second-order valence-corrected chi connectivity index (χ2v) is 6.63. The number of rotatable bonds is 3. The van der Waals surface area contributed by atoms with Crippen LogP contribution in [0.2, 0.25) is 0 Å². The van der Waals surface area contributed by atoms with Gasteiger partial charge in [-0.3, -0.25) is 0 Å². The van der Waals surface area contributed by atoms with E-state index in [1.54, 1.807) is 6.07 Å². The molecular weight excluding hydrogens is 491 g/mol. The number of aromatic carboxylic acids is 1. The predicted molar refractivity (Wildman–Crippen MR) is 85.2 cm³/mol. The Morgan fingerprint density at radius 2 is 1.77 bits per heavy atom. The molecule has 4 nitrogen and oxygen atoms in total. The van der Waals surface area contributed by atoms with E-state index in [1.165, 1.54) is 6.07 Å². The Morgan fingerprint density at radius 1 is 1.09 bits per heavy atom. The van der Waals surface area contributed by atoms with Gasteiger partial charge in [0.15, 0.2) is 11.6 Å². The molecule has 0 saturated heterocycles. The maximum absolute atomic E-state index is 13.6. The molecule has 2 aromatic rings. The molecule has 22 heavy (non-hydrogen) atoms. The van der Waals surface area contributed by atoms with Gasteiger partial charge < -0.3 is 14.6 Å². The summed E-state index contributed by atoms with van der Waals surface area (Å²) in [7, 11) is 0. The van der Waals surface area contributed by atoms with E-state index < -0.39 is 23.5 Å². The molecule has 2 rings (SSSR count). The van der Waals surface area contributed by atoms with Gasteiger partial charge >= 0.3 is 5.97 Å². The summed E-state index contributed by atoms with van der Waals surface area (Å²) in [5, 5.41) is 10.8. The normalized spacial score (nSPS) is 10.4. The van der Waals surface area contributed by atoms with Crippen LogP contribution in [0.3, 0.4) is 0 Å². The number of benzene rings is 2. The van der Waals surface area contributed by atoms with Crippen molar-refractivity contribution in [3.63, 3.8) is 0 Å². The SMILES string of the molecule is O=C([O-])c1ccc(F)c(OC(=O)c2cc(Br)cc(Br)c2Br)c1. The van der Waals surface area contributed by atoms with E-state index in [4.69, 9.17) is 4.74 Å². The van der Waals surface area contributed by atoms with Gasteiger partial charge in [0.05, 0.1) is 11.5 Å². The lowest BCUT2D eigenvalue weighted by molar-refractivity contribution is -0.255. The molecule has 0 radical (unpaired) electrons. The van der Waals surface area contributed by atoms with Crippen LogP contribution < -0.4 is 9.84 Å². The number of hydrogen-bond donors (Lipinski definition) is 0. The summed E-state index contributed by atoms with van der Waals surface area (Å²) in [4.78, 5) is 22.9. The van der Waals surface area contributed by atoms with Gasteiger partial charge in [-0.25, -0.2) is 9.18 Å². The highest BCUT2D eigenvalue weighted by Gasteiger charge is 2.18. The first-order chi connectivity index (χ1) is 10.3. The summed E-state index contributed by atoms with van der Waals surface area (Å²) >= 11 is 9.70. The lowest BCUT2D eigenvalue weighted by Crippen LogP contribution is -2.22. The van der Waals surface area contributed by atoms with E-state index in [2.05, 4.69) is 47.8 Å². The molecule has 114 valence electrons. The first kappa shape index (κ1) is 17.1. The maximum Gasteiger partial charge on any atom is 0.344 e. The second-order valence-electron chi connectivity index (χ2n) is 4.07. The summed E-state index contributed by atoms with van der Waals surface area (Å²) in [6, 6.07) is 5.99. The molecule has 0 aliphatic heterocycles. The molecule has 0 aromatic heterocycles. The van der Waals surface area contributed by atoms with Crippen molar-refractivity contribution in [2.75, 3.05) is 0 Å². The highest BCUT2D eigenvalue weighted by molar-refractivity contribution is 9.13. The van der Waals surface area contributed by atoms with Crippen LogP contribution >= 0.6 is 47.8 Å². The Balaban J connectivity index is 2.37. The molecule has 0 saturated carbocycles. The van der Waals surface area contributed by atoms with Gasteiger partial charge in [-0.15, -0.1) is 0 Å². The minimum absolute atomic E-state index is 0.138. The Morgan fingerprint density at radius 3 is 2.41 bits per heavy atom. The first-order valence-electron chi connectivity index (χ1n) is 5.67. The fourth-order valence-electron chi connectivity index (χ4n) is 1.57. The Hall–Kier alpha value is -1.25. The van der Waals surface area contributed by atoms with Gasteiger partial charge in [-0.2, -0.15) is 0 Å². The first-order valence-corrected chi connectivity index (χ1v) is 8.05. The summed E-state index contributed by atoms with van der Waals surface area (Å²) in [5.74, 6) is -3.69. The monoisotopic (exact) mass is 493 g/mol. The highest BCUT2D eigenvalue weighted by Crippen LogP contribution is 2.31. The lowest BCUT2D eigenvalue weighted by Gasteiger charge is -2.10. The third-order valence-corrected chi connectivity index (χ3v) is 5.05. The molecule has 0 heterocycles. The second kappa shape index (κ2) is 6.89. The van der Waals surface area contributed by atoms with Crippen molar-refractivity contribution in [3.8, 4) is 5.75 Å². The minimum atomic E-state index is -1.50. The molecule has 2 aromatic carbocycles. The zero-order valence-electron chi connectivity index (χ0n) is 10.5. The third-order valence-electron chi connectivity index (χ3n) is 2.58. The average molecular weight is 496 g/mol. The van der Waals surface area contributed by atoms with E-state index in [0.717, 1.165) is 18.2 Å². The van der Waals surface area contributed by atoms with Gasteiger partial charge in [0, 0.05) is 19.0 Å². The lowest BCUT2D eigenvalue weighted by atomic mass is 10.2. The summed E-state index contributed by atoms with van der Waals surface area (Å²) in [6.45, 7) is 0. The van der Waals surface area contributed by atoms with E-state index in [0.29, 0.717) is 13.4 Å². The van der Waals surface area contributed by atoms with Gasteiger partial charge in [-0.05, 0) is 62.2 Å².